The molecule has 2 aromatic rings. The molecule has 0 saturated heterocycles. The summed E-state index contributed by atoms with van der Waals surface area (Å²) in [6.07, 6.45) is 0.306. The van der Waals surface area contributed by atoms with Crippen molar-refractivity contribution in [3.63, 3.8) is 0 Å². The molecule has 3 nitrogen and oxygen atoms in total. The van der Waals surface area contributed by atoms with Gasteiger partial charge in [-0.3, -0.25) is 0 Å². The number of halogens is 1. The number of pyridine rings is 1. The zero-order valence-corrected chi connectivity index (χ0v) is 9.45. The fourth-order valence-corrected chi connectivity index (χ4v) is 1.82. The average molecular weight is 233 g/mol. The Bertz CT molecular complexity index is 575. The molecule has 1 aromatic carbocycles. The van der Waals surface area contributed by atoms with Gasteiger partial charge >= 0.3 is 0 Å². The summed E-state index contributed by atoms with van der Waals surface area (Å²) in [5, 5.41) is 10.1. The second-order valence-electron chi connectivity index (χ2n) is 3.29. The third kappa shape index (κ3) is 1.80. The molecule has 1 heterocycles. The van der Waals surface area contributed by atoms with Crippen LogP contribution in [0.5, 0.6) is 5.88 Å². The molecular weight excluding hydrogens is 224 g/mol. The number of nitriles is 1. The molecule has 0 N–H and O–H groups in total. The Morgan fingerprint density at radius 2 is 2.19 bits per heavy atom. The van der Waals surface area contributed by atoms with Crippen LogP contribution in [0.3, 0.4) is 0 Å². The van der Waals surface area contributed by atoms with Gasteiger partial charge in [-0.05, 0) is 17.7 Å². The molecule has 4 heteroatoms. The molecular formula is C12H9ClN2O. The number of rotatable bonds is 2. The topological polar surface area (TPSA) is 45.9 Å². The smallest absolute Gasteiger partial charge is 0.213 e. The molecule has 1 aromatic heterocycles. The summed E-state index contributed by atoms with van der Waals surface area (Å²) in [7, 11) is 1.57. The highest BCUT2D eigenvalue weighted by Gasteiger charge is 2.06. The minimum atomic E-state index is 0.306. The lowest BCUT2D eigenvalue weighted by molar-refractivity contribution is 0.399. The molecule has 2 rings (SSSR count). The highest BCUT2D eigenvalue weighted by atomic mass is 35.5. The number of benzene rings is 1. The number of fused-ring (bicyclic) bond motifs is 1. The van der Waals surface area contributed by atoms with Crippen molar-refractivity contribution in [1.29, 1.82) is 5.26 Å². The summed E-state index contributed by atoms with van der Waals surface area (Å²) in [6.45, 7) is 0. The van der Waals surface area contributed by atoms with Crippen molar-refractivity contribution in [3.8, 4) is 11.9 Å². The molecule has 0 atom stereocenters. The molecule has 0 fully saturated rings. The van der Waals surface area contributed by atoms with Crippen molar-refractivity contribution in [1.82, 2.24) is 4.98 Å². The lowest BCUT2D eigenvalue weighted by Crippen LogP contribution is -1.90. The van der Waals surface area contributed by atoms with E-state index >= 15 is 0 Å². The van der Waals surface area contributed by atoms with Crippen molar-refractivity contribution >= 4 is 22.5 Å². The predicted octanol–water partition coefficient (Wildman–Crippen LogP) is 2.96. The number of hydrogen-bond donors (Lipinski definition) is 0. The van der Waals surface area contributed by atoms with Gasteiger partial charge in [0.15, 0.2) is 0 Å². The van der Waals surface area contributed by atoms with Crippen molar-refractivity contribution in [2.24, 2.45) is 0 Å². The largest absolute Gasteiger partial charge is 0.481 e. The van der Waals surface area contributed by atoms with Crippen LogP contribution in [0, 0.1) is 11.3 Å². The Morgan fingerprint density at radius 1 is 1.38 bits per heavy atom. The van der Waals surface area contributed by atoms with Crippen molar-refractivity contribution in [3.05, 3.63) is 34.9 Å². The maximum atomic E-state index is 8.65. The number of aromatic nitrogens is 1. The SMILES string of the molecule is COc1ccc2c(Cl)c(CC#N)ccc2n1. The average Bonchev–Trinajstić information content (AvgIpc) is 2.32. The van der Waals surface area contributed by atoms with Gasteiger partial charge in [-0.1, -0.05) is 17.7 Å². The lowest BCUT2D eigenvalue weighted by Gasteiger charge is -2.05. The summed E-state index contributed by atoms with van der Waals surface area (Å²) in [5.41, 5.74) is 1.59. The maximum Gasteiger partial charge on any atom is 0.213 e. The fourth-order valence-electron chi connectivity index (χ4n) is 1.53. The first kappa shape index (κ1) is 10.7. The highest BCUT2D eigenvalue weighted by molar-refractivity contribution is 6.36. The van der Waals surface area contributed by atoms with Gasteiger partial charge in [0.25, 0.3) is 0 Å². The Kier molecular flexibility index (Phi) is 2.93. The first-order valence-corrected chi connectivity index (χ1v) is 5.13. The third-order valence-corrected chi connectivity index (χ3v) is 2.78. The van der Waals surface area contributed by atoms with Gasteiger partial charge in [0, 0.05) is 11.5 Å². The van der Waals surface area contributed by atoms with Crippen LogP contribution in [0.4, 0.5) is 0 Å². The molecule has 0 saturated carbocycles. The zero-order valence-electron chi connectivity index (χ0n) is 8.70. The van der Waals surface area contributed by atoms with Crippen LogP contribution in [0.25, 0.3) is 10.9 Å². The number of hydrogen-bond acceptors (Lipinski definition) is 3. The minimum absolute atomic E-state index is 0.306. The quantitative estimate of drug-likeness (QED) is 0.800. The van der Waals surface area contributed by atoms with Crippen LogP contribution in [-0.2, 0) is 6.42 Å². The van der Waals surface area contributed by atoms with Crippen LogP contribution < -0.4 is 4.74 Å². The second kappa shape index (κ2) is 4.38. The van der Waals surface area contributed by atoms with Crippen LogP contribution in [0.15, 0.2) is 24.3 Å². The molecule has 0 unspecified atom stereocenters. The van der Waals surface area contributed by atoms with Gasteiger partial charge in [-0.15, -0.1) is 0 Å². The van der Waals surface area contributed by atoms with Gasteiger partial charge in [0.05, 0.1) is 30.1 Å². The Labute approximate surface area is 98.2 Å². The summed E-state index contributed by atoms with van der Waals surface area (Å²) >= 11 is 6.18. The molecule has 0 bridgehead atoms. The first-order valence-electron chi connectivity index (χ1n) is 4.75. The number of nitrogens with zero attached hydrogens (tertiary/aromatic N) is 2. The molecule has 0 spiro atoms. The Balaban J connectivity index is 2.63. The van der Waals surface area contributed by atoms with E-state index in [4.69, 9.17) is 21.6 Å². The number of methoxy groups -OCH3 is 1. The zero-order chi connectivity index (χ0) is 11.5. The standard InChI is InChI=1S/C12H9ClN2O/c1-16-11-5-3-9-10(15-11)4-2-8(6-7-14)12(9)13/h2-5H,6H2,1H3. The van der Waals surface area contributed by atoms with Crippen molar-refractivity contribution < 1.29 is 4.74 Å². The normalized spacial score (nSPS) is 10.1. The Morgan fingerprint density at radius 3 is 2.88 bits per heavy atom. The fraction of sp³-hybridized carbons (Fsp3) is 0.167. The van der Waals surface area contributed by atoms with Gasteiger partial charge in [0.2, 0.25) is 5.88 Å². The van der Waals surface area contributed by atoms with E-state index in [1.165, 1.54) is 0 Å². The summed E-state index contributed by atoms with van der Waals surface area (Å²) in [6, 6.07) is 9.35. The molecule has 0 radical (unpaired) electrons. The molecule has 0 aliphatic rings. The summed E-state index contributed by atoms with van der Waals surface area (Å²) in [4.78, 5) is 4.27. The maximum absolute atomic E-state index is 8.65. The molecule has 16 heavy (non-hydrogen) atoms. The van der Waals surface area contributed by atoms with Crippen LogP contribution in [-0.4, -0.2) is 12.1 Å². The van der Waals surface area contributed by atoms with Gasteiger partial charge in [-0.2, -0.15) is 5.26 Å². The molecule has 0 aliphatic carbocycles. The molecule has 0 amide bonds. The van der Waals surface area contributed by atoms with Crippen LogP contribution in [0.2, 0.25) is 5.02 Å². The Hall–Kier alpha value is -1.79. The van der Waals surface area contributed by atoms with E-state index in [9.17, 15) is 0 Å². The highest BCUT2D eigenvalue weighted by Crippen LogP contribution is 2.28. The summed E-state index contributed by atoms with van der Waals surface area (Å²) in [5.74, 6) is 0.552. The minimum Gasteiger partial charge on any atom is -0.481 e. The second-order valence-corrected chi connectivity index (χ2v) is 3.67. The lowest BCUT2D eigenvalue weighted by atomic mass is 10.1. The van der Waals surface area contributed by atoms with Crippen molar-refractivity contribution in [2.75, 3.05) is 7.11 Å². The van der Waals surface area contributed by atoms with E-state index in [2.05, 4.69) is 11.1 Å². The van der Waals surface area contributed by atoms with E-state index in [-0.39, 0.29) is 0 Å². The first-order chi connectivity index (χ1) is 7.76. The molecule has 0 aliphatic heterocycles. The van der Waals surface area contributed by atoms with E-state index in [0.29, 0.717) is 17.3 Å². The van der Waals surface area contributed by atoms with Gasteiger partial charge in [-0.25, -0.2) is 4.98 Å². The van der Waals surface area contributed by atoms with E-state index in [0.717, 1.165) is 16.5 Å². The van der Waals surface area contributed by atoms with Gasteiger partial charge in [0.1, 0.15) is 0 Å². The van der Waals surface area contributed by atoms with Gasteiger partial charge < -0.3 is 4.74 Å². The van der Waals surface area contributed by atoms with Crippen LogP contribution >= 0.6 is 11.6 Å². The van der Waals surface area contributed by atoms with E-state index < -0.39 is 0 Å². The number of ether oxygens (including phenoxy) is 1. The van der Waals surface area contributed by atoms with E-state index in [1.807, 2.05) is 18.2 Å². The predicted molar refractivity (Wildman–Crippen MR) is 62.6 cm³/mol. The van der Waals surface area contributed by atoms with Crippen molar-refractivity contribution in [2.45, 2.75) is 6.42 Å². The summed E-state index contributed by atoms with van der Waals surface area (Å²) < 4.78 is 5.03. The van der Waals surface area contributed by atoms with E-state index in [1.54, 1.807) is 13.2 Å². The third-order valence-electron chi connectivity index (χ3n) is 2.34. The molecule has 80 valence electrons. The van der Waals surface area contributed by atoms with Crippen LogP contribution in [0.1, 0.15) is 5.56 Å². The monoisotopic (exact) mass is 232 g/mol.